The lowest BCUT2D eigenvalue weighted by molar-refractivity contribution is 0.273. The average molecular weight is 491 g/mol. The van der Waals surface area contributed by atoms with Gasteiger partial charge in [-0.15, -0.1) is 0 Å². The van der Waals surface area contributed by atoms with Crippen molar-refractivity contribution in [1.29, 1.82) is 0 Å². The first kappa shape index (κ1) is 21.5. The molecule has 2 aromatic heterocycles. The summed E-state index contributed by atoms with van der Waals surface area (Å²) in [6.07, 6.45) is 0. The van der Waals surface area contributed by atoms with Gasteiger partial charge in [-0.3, -0.25) is 23.3 Å². The van der Waals surface area contributed by atoms with Gasteiger partial charge in [0.25, 0.3) is 31.4 Å². The second-order valence-electron chi connectivity index (χ2n) is 7.36. The molecule has 3 aromatic carbocycles. The molecule has 13 heteroatoms. The van der Waals surface area contributed by atoms with Crippen LogP contribution in [0.15, 0.2) is 60.2 Å². The van der Waals surface area contributed by atoms with E-state index in [0.717, 1.165) is 10.6 Å². The Bertz CT molecular complexity index is 1940. The Hall–Kier alpha value is -3.36. The zero-order chi connectivity index (χ0) is 23.9. The van der Waals surface area contributed by atoms with E-state index >= 15 is 0 Å². The number of aromatic nitrogens is 1. The van der Waals surface area contributed by atoms with Crippen LogP contribution in [0.3, 0.4) is 0 Å². The van der Waals surface area contributed by atoms with E-state index in [4.69, 9.17) is 4.42 Å². The first-order valence-corrected chi connectivity index (χ1v) is 12.2. The number of aliphatic hydroxyl groups is 1. The first-order chi connectivity index (χ1) is 15.4. The van der Waals surface area contributed by atoms with Crippen LogP contribution < -0.4 is 11.1 Å². The quantitative estimate of drug-likeness (QED) is 0.188. The molecular formula is C20H13NO10S2. The van der Waals surface area contributed by atoms with E-state index in [9.17, 15) is 40.6 Å². The molecule has 0 aliphatic rings. The van der Waals surface area contributed by atoms with Crippen LogP contribution in [0.1, 0.15) is 0 Å². The van der Waals surface area contributed by atoms with Crippen molar-refractivity contribution in [3.05, 3.63) is 57.1 Å². The molecule has 0 unspecified atom stereocenters. The van der Waals surface area contributed by atoms with Crippen LogP contribution in [0.5, 0.6) is 0 Å². The van der Waals surface area contributed by atoms with E-state index in [1.54, 1.807) is 0 Å². The van der Waals surface area contributed by atoms with Gasteiger partial charge in [-0.25, -0.2) is 0 Å². The molecule has 0 atom stereocenters. The van der Waals surface area contributed by atoms with Crippen LogP contribution in [0.4, 0.5) is 0 Å². The van der Waals surface area contributed by atoms with Crippen molar-refractivity contribution < 1.29 is 35.5 Å². The zero-order valence-corrected chi connectivity index (χ0v) is 18.0. The third kappa shape index (κ3) is 3.05. The van der Waals surface area contributed by atoms with Gasteiger partial charge in [-0.1, -0.05) is 6.07 Å². The van der Waals surface area contributed by atoms with Crippen LogP contribution in [0, 0.1) is 0 Å². The van der Waals surface area contributed by atoms with Crippen molar-refractivity contribution in [2.75, 3.05) is 6.61 Å². The van der Waals surface area contributed by atoms with Crippen molar-refractivity contribution in [1.82, 2.24) is 4.57 Å². The molecule has 0 radical (unpaired) electrons. The lowest BCUT2D eigenvalue weighted by atomic mass is 9.96. The van der Waals surface area contributed by atoms with Crippen LogP contribution >= 0.6 is 0 Å². The van der Waals surface area contributed by atoms with Gasteiger partial charge in [-0.05, 0) is 35.7 Å². The number of fused-ring (bicyclic) bond motifs is 2. The molecule has 11 nitrogen and oxygen atoms in total. The minimum Gasteiger partial charge on any atom is -0.455 e. The average Bonchev–Trinajstić information content (AvgIpc) is 2.74. The molecule has 2 heterocycles. The second-order valence-corrected chi connectivity index (χ2v) is 10.2. The molecule has 0 aliphatic carbocycles. The Morgan fingerprint density at radius 2 is 1.39 bits per heavy atom. The van der Waals surface area contributed by atoms with E-state index in [1.807, 2.05) is 0 Å². The summed E-state index contributed by atoms with van der Waals surface area (Å²) >= 11 is 0. The Labute approximate surface area is 183 Å². The summed E-state index contributed by atoms with van der Waals surface area (Å²) in [6.45, 7) is -0.643. The molecule has 0 spiro atoms. The first-order valence-electron chi connectivity index (χ1n) is 9.31. The highest BCUT2D eigenvalue weighted by Crippen LogP contribution is 2.39. The molecule has 3 N–H and O–H groups in total. The fourth-order valence-electron chi connectivity index (χ4n) is 4.15. The highest BCUT2D eigenvalue weighted by molar-refractivity contribution is 7.86. The number of benzene rings is 3. The lowest BCUT2D eigenvalue weighted by Gasteiger charge is -2.15. The zero-order valence-electron chi connectivity index (χ0n) is 16.3. The van der Waals surface area contributed by atoms with Crippen LogP contribution in [-0.2, 0) is 26.8 Å². The summed E-state index contributed by atoms with van der Waals surface area (Å²) in [5.41, 5.74) is -1.61. The van der Waals surface area contributed by atoms with Crippen LogP contribution in [0.25, 0.3) is 43.5 Å². The predicted octanol–water partition coefficient (Wildman–Crippen LogP) is 1.34. The molecule has 0 saturated heterocycles. The van der Waals surface area contributed by atoms with Gasteiger partial charge in [0.05, 0.1) is 18.0 Å². The van der Waals surface area contributed by atoms with Crippen molar-refractivity contribution >= 4 is 63.7 Å². The summed E-state index contributed by atoms with van der Waals surface area (Å²) in [7, 11) is -9.85. The van der Waals surface area contributed by atoms with Crippen LogP contribution in [0.2, 0.25) is 0 Å². The molecule has 33 heavy (non-hydrogen) atoms. The number of aliphatic hydroxyl groups excluding tert-OH is 1. The topological polar surface area (TPSA) is 181 Å². The Kier molecular flexibility index (Phi) is 4.44. The molecular weight excluding hydrogens is 478 g/mol. The highest BCUT2D eigenvalue weighted by atomic mass is 32.2. The predicted molar refractivity (Wildman–Crippen MR) is 117 cm³/mol. The number of pyridine rings is 1. The fourth-order valence-corrected chi connectivity index (χ4v) is 5.42. The Balaban J connectivity index is 2.10. The summed E-state index contributed by atoms with van der Waals surface area (Å²) in [4.78, 5) is 24.1. The van der Waals surface area contributed by atoms with Crippen molar-refractivity contribution in [2.24, 2.45) is 0 Å². The summed E-state index contributed by atoms with van der Waals surface area (Å²) in [5.74, 6) is 0. The molecule has 0 fully saturated rings. The van der Waals surface area contributed by atoms with Gasteiger partial charge >= 0.3 is 0 Å². The SMILES string of the molecule is O=c1c2ccc3oc4c(S(=O)(=O)O)cc(S(=O)(=O)O)cc4c4ccc(c(=O)n1CCO)c2c34. The van der Waals surface area contributed by atoms with E-state index in [1.165, 1.54) is 24.3 Å². The van der Waals surface area contributed by atoms with E-state index in [0.29, 0.717) is 6.07 Å². The normalized spacial score (nSPS) is 13.1. The lowest BCUT2D eigenvalue weighted by Crippen LogP contribution is -2.34. The number of nitrogens with zero attached hydrogens (tertiary/aromatic N) is 1. The van der Waals surface area contributed by atoms with Gasteiger partial charge in [0.1, 0.15) is 10.5 Å². The van der Waals surface area contributed by atoms with Gasteiger partial charge in [0, 0.05) is 26.9 Å². The minimum absolute atomic E-state index is 0.0683. The maximum atomic E-state index is 12.9. The van der Waals surface area contributed by atoms with E-state index < -0.39 is 47.8 Å². The van der Waals surface area contributed by atoms with Gasteiger partial charge in [-0.2, -0.15) is 16.8 Å². The Morgan fingerprint density at radius 1 is 0.788 bits per heavy atom. The monoisotopic (exact) mass is 491 g/mol. The second kappa shape index (κ2) is 6.82. The molecule has 5 rings (SSSR count). The third-order valence-electron chi connectivity index (χ3n) is 5.50. The van der Waals surface area contributed by atoms with Crippen LogP contribution in [-0.4, -0.2) is 42.2 Å². The maximum Gasteiger partial charge on any atom is 0.298 e. The number of rotatable bonds is 4. The summed E-state index contributed by atoms with van der Waals surface area (Å²) < 4.78 is 73.2. The summed E-state index contributed by atoms with van der Waals surface area (Å²) in [5, 5.41) is 10.1. The minimum atomic E-state index is -4.98. The smallest absolute Gasteiger partial charge is 0.298 e. The maximum absolute atomic E-state index is 12.9. The molecule has 0 aliphatic heterocycles. The number of hydrogen-bond acceptors (Lipinski definition) is 8. The molecule has 5 aromatic rings. The van der Waals surface area contributed by atoms with Crippen molar-refractivity contribution in [3.63, 3.8) is 0 Å². The van der Waals surface area contributed by atoms with E-state index in [-0.39, 0.29) is 50.0 Å². The van der Waals surface area contributed by atoms with Gasteiger partial charge in [0.15, 0.2) is 5.58 Å². The molecule has 0 bridgehead atoms. The van der Waals surface area contributed by atoms with Crippen molar-refractivity contribution in [2.45, 2.75) is 16.3 Å². The van der Waals surface area contributed by atoms with E-state index in [2.05, 4.69) is 0 Å². The van der Waals surface area contributed by atoms with Gasteiger partial charge < -0.3 is 9.52 Å². The molecule has 0 saturated carbocycles. The van der Waals surface area contributed by atoms with Crippen molar-refractivity contribution in [3.8, 4) is 0 Å². The molecule has 170 valence electrons. The summed E-state index contributed by atoms with van der Waals surface area (Å²) in [6, 6.07) is 7.09. The van der Waals surface area contributed by atoms with Gasteiger partial charge in [0.2, 0.25) is 0 Å². The largest absolute Gasteiger partial charge is 0.455 e. The third-order valence-corrected chi connectivity index (χ3v) is 7.19. The standard InChI is InChI=1S/C20H13NO10S2/c22-6-5-21-19(23)11-2-1-10-13-7-9(32(25,26)27)8-15(33(28,29)30)18(13)31-14-4-3-12(20(21)24)16(11)17(10)14/h1-4,7-8,22H,5-6H2,(H,25,26,27)(H,28,29,30). The highest BCUT2D eigenvalue weighted by Gasteiger charge is 2.25. The Morgan fingerprint density at radius 3 is 1.97 bits per heavy atom. The number of hydrogen-bond donors (Lipinski definition) is 3. The molecule has 0 amide bonds. The fraction of sp³-hybridized carbons (Fsp3) is 0.100.